The molecule has 0 aliphatic carbocycles. The summed E-state index contributed by atoms with van der Waals surface area (Å²) in [5.41, 5.74) is 7.50. The van der Waals surface area contributed by atoms with Crippen LogP contribution >= 0.6 is 11.6 Å². The van der Waals surface area contributed by atoms with Gasteiger partial charge in [-0.25, -0.2) is 8.42 Å². The fraction of sp³-hybridized carbons (Fsp3) is 0.152. The molecule has 1 heterocycles. The molecule has 1 aliphatic heterocycles. The Labute approximate surface area is 271 Å². The first kappa shape index (κ1) is 33.7. The summed E-state index contributed by atoms with van der Waals surface area (Å²) in [5, 5.41) is 5.92. The van der Waals surface area contributed by atoms with Gasteiger partial charge in [0.15, 0.2) is 0 Å². The van der Waals surface area contributed by atoms with Gasteiger partial charge in [0.25, 0.3) is 11.8 Å². The summed E-state index contributed by atoms with van der Waals surface area (Å²) in [6.07, 6.45) is 3.35. The second kappa shape index (κ2) is 15.2. The van der Waals surface area contributed by atoms with E-state index in [1.54, 1.807) is 65.6 Å². The minimum atomic E-state index is -3.58. The quantitative estimate of drug-likeness (QED) is 0.194. The normalized spacial score (nSPS) is 12.7. The third kappa shape index (κ3) is 9.65. The monoisotopic (exact) mass is 661 g/mol. The van der Waals surface area contributed by atoms with Gasteiger partial charge in [0.2, 0.25) is 21.8 Å². The highest BCUT2D eigenvalue weighted by Gasteiger charge is 2.20. The van der Waals surface area contributed by atoms with Gasteiger partial charge in [0, 0.05) is 40.5 Å². The predicted molar refractivity (Wildman–Crippen MR) is 180 cm³/mol. The molecule has 4 aromatic rings. The Kier molecular flexibility index (Phi) is 11.1. The van der Waals surface area contributed by atoms with Gasteiger partial charge in [-0.05, 0) is 91.7 Å². The fourth-order valence-corrected chi connectivity index (χ4v) is 5.20. The van der Waals surface area contributed by atoms with Crippen molar-refractivity contribution < 1.29 is 27.6 Å². The van der Waals surface area contributed by atoms with Crippen LogP contribution in [0.1, 0.15) is 50.3 Å². The molecule has 5 rings (SSSR count). The number of benzene rings is 4. The molecular weight excluding hydrogens is 630 g/mol. The molecule has 4 amide bonds. The van der Waals surface area contributed by atoms with Crippen LogP contribution in [0.4, 0.5) is 22.7 Å². The number of nitrogens with one attached hydrogen (secondary N) is 3. The molecule has 0 saturated carbocycles. The zero-order valence-corrected chi connectivity index (χ0v) is 26.4. The summed E-state index contributed by atoms with van der Waals surface area (Å²) in [6, 6.07) is 26.1. The number of hydrogen-bond donors (Lipinski definition) is 4. The third-order valence-corrected chi connectivity index (χ3v) is 7.60. The molecule has 0 bridgehead atoms. The predicted octanol–water partition coefficient (Wildman–Crippen LogP) is 5.52. The summed E-state index contributed by atoms with van der Waals surface area (Å²) >= 11 is 5.89. The lowest BCUT2D eigenvalue weighted by molar-refractivity contribution is -0.119. The van der Waals surface area contributed by atoms with Crippen molar-refractivity contribution in [2.45, 2.75) is 19.3 Å². The number of amides is 4. The lowest BCUT2D eigenvalue weighted by Crippen LogP contribution is -2.35. The van der Waals surface area contributed by atoms with Crippen molar-refractivity contribution >= 4 is 68.0 Å². The molecular formula is C33H32ClN5O6S. The lowest BCUT2D eigenvalue weighted by atomic mass is 10.1. The molecule has 1 fully saturated rings. The number of carbonyl (C=O) groups excluding carboxylic acids is 4. The van der Waals surface area contributed by atoms with Crippen LogP contribution in [0, 0.1) is 0 Å². The van der Waals surface area contributed by atoms with Gasteiger partial charge >= 0.3 is 0 Å². The number of hydrogen-bond acceptors (Lipinski definition) is 6. The highest BCUT2D eigenvalue weighted by Crippen LogP contribution is 2.26. The Morgan fingerprint density at radius 2 is 1.43 bits per heavy atom. The SMILES string of the molecule is CS(=O)(=O)Nc1ccc(C(=O)Nc2ccc(N3CCCCC3=O)cc2)c(NC(=O)c2ccc(Cl)cc2)c1.NC(=O)c1ccccc1. The van der Waals surface area contributed by atoms with E-state index in [1.807, 2.05) is 6.07 Å². The molecule has 0 aromatic heterocycles. The first-order valence-corrected chi connectivity index (χ1v) is 16.4. The van der Waals surface area contributed by atoms with Crippen LogP contribution in [0.3, 0.4) is 0 Å². The third-order valence-electron chi connectivity index (χ3n) is 6.74. The van der Waals surface area contributed by atoms with Crippen molar-refractivity contribution in [1.29, 1.82) is 0 Å². The summed E-state index contributed by atoms with van der Waals surface area (Å²) in [7, 11) is -3.58. The van der Waals surface area contributed by atoms with E-state index in [2.05, 4.69) is 15.4 Å². The zero-order valence-electron chi connectivity index (χ0n) is 24.8. The van der Waals surface area contributed by atoms with Crippen LogP contribution in [-0.2, 0) is 14.8 Å². The maximum atomic E-state index is 13.1. The standard InChI is InChI=1S/C26H25ClN4O5S.C7H7NO/c1-37(35,36)30-20-11-14-22(23(16-20)29-25(33)17-5-7-18(27)8-6-17)26(34)28-19-9-12-21(13-10-19)31-15-3-2-4-24(31)32;8-7(9)6-4-2-1-3-5-6/h5-14,16,30H,2-4,15H2,1H3,(H,28,34)(H,29,33);1-5H,(H2,8,9). The molecule has 11 nitrogen and oxygen atoms in total. The van der Waals surface area contributed by atoms with Crippen LogP contribution in [0.15, 0.2) is 97.1 Å². The number of rotatable bonds is 8. The van der Waals surface area contributed by atoms with Crippen LogP contribution in [0.2, 0.25) is 5.02 Å². The highest BCUT2D eigenvalue weighted by atomic mass is 35.5. The molecule has 1 aliphatic rings. The number of sulfonamides is 1. The number of nitrogens with zero attached hydrogens (tertiary/aromatic N) is 1. The number of primary amides is 1. The van der Waals surface area contributed by atoms with Crippen LogP contribution in [0.5, 0.6) is 0 Å². The molecule has 0 unspecified atom stereocenters. The molecule has 5 N–H and O–H groups in total. The Balaban J connectivity index is 0.000000459. The second-order valence-corrected chi connectivity index (χ2v) is 12.5. The number of nitrogens with two attached hydrogens (primary N) is 1. The van der Waals surface area contributed by atoms with Crippen LogP contribution in [-0.4, -0.2) is 44.8 Å². The molecule has 238 valence electrons. The van der Waals surface area contributed by atoms with Gasteiger partial charge < -0.3 is 21.3 Å². The Morgan fingerprint density at radius 3 is 2.02 bits per heavy atom. The van der Waals surface area contributed by atoms with E-state index in [1.165, 1.54) is 30.3 Å². The van der Waals surface area contributed by atoms with E-state index in [0.717, 1.165) is 24.8 Å². The summed E-state index contributed by atoms with van der Waals surface area (Å²) in [6.45, 7) is 0.662. The summed E-state index contributed by atoms with van der Waals surface area (Å²) in [4.78, 5) is 50.3. The van der Waals surface area contributed by atoms with E-state index in [-0.39, 0.29) is 28.8 Å². The van der Waals surface area contributed by atoms with Crippen LogP contribution < -0.4 is 26.0 Å². The van der Waals surface area contributed by atoms with E-state index >= 15 is 0 Å². The fourth-order valence-electron chi connectivity index (χ4n) is 4.52. The van der Waals surface area contributed by atoms with Gasteiger partial charge in [0.1, 0.15) is 0 Å². The largest absolute Gasteiger partial charge is 0.366 e. The summed E-state index contributed by atoms with van der Waals surface area (Å²) in [5.74, 6) is -1.32. The zero-order chi connectivity index (χ0) is 33.3. The average Bonchev–Trinajstić information content (AvgIpc) is 3.02. The smallest absolute Gasteiger partial charge is 0.257 e. The van der Waals surface area contributed by atoms with Gasteiger partial charge in [0.05, 0.1) is 23.2 Å². The molecule has 0 atom stereocenters. The minimum absolute atomic E-state index is 0.0758. The van der Waals surface area contributed by atoms with Crippen molar-refractivity contribution in [3.8, 4) is 0 Å². The van der Waals surface area contributed by atoms with Crippen molar-refractivity contribution in [1.82, 2.24) is 0 Å². The lowest BCUT2D eigenvalue weighted by Gasteiger charge is -2.26. The Morgan fingerprint density at radius 1 is 0.783 bits per heavy atom. The van der Waals surface area contributed by atoms with Gasteiger partial charge in [-0.3, -0.25) is 23.9 Å². The second-order valence-electron chi connectivity index (χ2n) is 10.3. The number of carbonyl (C=O) groups is 4. The van der Waals surface area contributed by atoms with Crippen molar-refractivity contribution in [3.63, 3.8) is 0 Å². The molecule has 46 heavy (non-hydrogen) atoms. The Bertz CT molecular complexity index is 1830. The molecule has 0 radical (unpaired) electrons. The number of anilines is 4. The number of piperidine rings is 1. The van der Waals surface area contributed by atoms with E-state index < -0.39 is 21.8 Å². The van der Waals surface area contributed by atoms with Gasteiger partial charge in [-0.2, -0.15) is 0 Å². The average molecular weight is 662 g/mol. The Hall–Kier alpha value is -5.20. The molecule has 1 saturated heterocycles. The molecule has 4 aromatic carbocycles. The van der Waals surface area contributed by atoms with Gasteiger partial charge in [-0.15, -0.1) is 0 Å². The number of halogens is 1. The summed E-state index contributed by atoms with van der Waals surface area (Å²) < 4.78 is 25.7. The van der Waals surface area contributed by atoms with Gasteiger partial charge in [-0.1, -0.05) is 29.8 Å². The van der Waals surface area contributed by atoms with E-state index in [9.17, 15) is 27.6 Å². The van der Waals surface area contributed by atoms with E-state index in [4.69, 9.17) is 17.3 Å². The minimum Gasteiger partial charge on any atom is -0.366 e. The topological polar surface area (TPSA) is 168 Å². The molecule has 13 heteroatoms. The maximum Gasteiger partial charge on any atom is 0.257 e. The highest BCUT2D eigenvalue weighted by molar-refractivity contribution is 7.92. The maximum absolute atomic E-state index is 13.1. The van der Waals surface area contributed by atoms with E-state index in [0.29, 0.717) is 34.8 Å². The van der Waals surface area contributed by atoms with Crippen LogP contribution in [0.25, 0.3) is 0 Å². The first-order valence-electron chi connectivity index (χ1n) is 14.1. The van der Waals surface area contributed by atoms with Crippen molar-refractivity contribution in [2.24, 2.45) is 5.73 Å². The van der Waals surface area contributed by atoms with Crippen molar-refractivity contribution in [2.75, 3.05) is 33.1 Å². The first-order chi connectivity index (χ1) is 21.9. The molecule has 0 spiro atoms. The van der Waals surface area contributed by atoms with Crippen molar-refractivity contribution in [3.05, 3.63) is 119 Å².